The van der Waals surface area contributed by atoms with Crippen LogP contribution in [0.5, 0.6) is 0 Å². The first-order valence-corrected chi connectivity index (χ1v) is 8.38. The van der Waals surface area contributed by atoms with E-state index in [-0.39, 0.29) is 0 Å². The van der Waals surface area contributed by atoms with Gasteiger partial charge in [0.25, 0.3) is 0 Å². The Labute approximate surface area is 130 Å². The predicted octanol–water partition coefficient (Wildman–Crippen LogP) is 0.437. The van der Waals surface area contributed by atoms with E-state index in [9.17, 15) is 23.1 Å². The Kier molecular flexibility index (Phi) is 5.67. The van der Waals surface area contributed by atoms with E-state index >= 15 is 0 Å². The van der Waals surface area contributed by atoms with Gasteiger partial charge in [-0.15, -0.1) is 0 Å². The van der Waals surface area contributed by atoms with Gasteiger partial charge in [0.1, 0.15) is 0 Å². The van der Waals surface area contributed by atoms with Crippen LogP contribution < -0.4 is 5.32 Å². The summed E-state index contributed by atoms with van der Waals surface area (Å²) in [7, 11) is -2.26. The molecule has 0 radical (unpaired) electrons. The number of hydrogen-bond acceptors (Lipinski definition) is 4. The van der Waals surface area contributed by atoms with Crippen molar-refractivity contribution in [2.24, 2.45) is 0 Å². The standard InChI is InChI=1S/C14H20N2O5S/c1-9-5-6-11(7-10(9)2)13(14(18)19)15-12(17)8-16(3)22(4,20)21/h5-7,13H,8H2,1-4H3,(H,15,17)(H,18,19). The molecule has 1 amide bonds. The predicted molar refractivity (Wildman–Crippen MR) is 81.9 cm³/mol. The lowest BCUT2D eigenvalue weighted by Crippen LogP contribution is -2.41. The Bertz CT molecular complexity index is 684. The third kappa shape index (κ3) is 4.81. The van der Waals surface area contributed by atoms with E-state index in [1.165, 1.54) is 7.05 Å². The van der Waals surface area contributed by atoms with Gasteiger partial charge in [0.2, 0.25) is 15.9 Å². The number of nitrogens with zero attached hydrogens (tertiary/aromatic N) is 1. The van der Waals surface area contributed by atoms with Crippen molar-refractivity contribution in [2.75, 3.05) is 19.8 Å². The molecule has 1 unspecified atom stereocenters. The lowest BCUT2D eigenvalue weighted by molar-refractivity contribution is -0.142. The molecule has 22 heavy (non-hydrogen) atoms. The first-order valence-electron chi connectivity index (χ1n) is 6.53. The van der Waals surface area contributed by atoms with E-state index in [0.717, 1.165) is 21.7 Å². The summed E-state index contributed by atoms with van der Waals surface area (Å²) < 4.78 is 23.4. The molecule has 1 aromatic carbocycles. The maximum atomic E-state index is 11.9. The average Bonchev–Trinajstić information content (AvgIpc) is 2.38. The van der Waals surface area contributed by atoms with E-state index in [1.54, 1.807) is 18.2 Å². The van der Waals surface area contributed by atoms with Crippen LogP contribution in [0.4, 0.5) is 0 Å². The summed E-state index contributed by atoms with van der Waals surface area (Å²) in [4.78, 5) is 23.2. The highest BCUT2D eigenvalue weighted by Gasteiger charge is 2.24. The Balaban J connectivity index is 2.91. The molecule has 0 spiro atoms. The first kappa shape index (κ1) is 18.1. The van der Waals surface area contributed by atoms with Gasteiger partial charge in [0.05, 0.1) is 12.8 Å². The number of carboxylic acid groups (broad SMARTS) is 1. The maximum Gasteiger partial charge on any atom is 0.330 e. The summed E-state index contributed by atoms with van der Waals surface area (Å²) in [5.41, 5.74) is 2.35. The minimum Gasteiger partial charge on any atom is -0.479 e. The minimum absolute atomic E-state index is 0.436. The largest absolute Gasteiger partial charge is 0.479 e. The normalized spacial score (nSPS) is 13.0. The second-order valence-electron chi connectivity index (χ2n) is 5.20. The van der Waals surface area contributed by atoms with Gasteiger partial charge in [-0.2, -0.15) is 4.31 Å². The average molecular weight is 328 g/mol. The number of carboxylic acids is 1. The molecule has 0 aliphatic rings. The van der Waals surface area contributed by atoms with Crippen molar-refractivity contribution < 1.29 is 23.1 Å². The number of aliphatic carboxylic acids is 1. The molecule has 0 bridgehead atoms. The number of nitrogens with one attached hydrogen (secondary N) is 1. The SMILES string of the molecule is Cc1ccc(C(NC(=O)CN(C)S(C)(=O)=O)C(=O)O)cc1C. The molecular formula is C14H20N2O5S. The van der Waals surface area contributed by atoms with Crippen LogP contribution in [0, 0.1) is 13.8 Å². The molecular weight excluding hydrogens is 308 g/mol. The van der Waals surface area contributed by atoms with E-state index in [2.05, 4.69) is 5.32 Å². The fourth-order valence-corrected chi connectivity index (χ4v) is 2.11. The number of carbonyl (C=O) groups is 2. The summed E-state index contributed by atoms with van der Waals surface area (Å²) in [6.07, 6.45) is 0.971. The van der Waals surface area contributed by atoms with E-state index in [4.69, 9.17) is 0 Å². The topological polar surface area (TPSA) is 104 Å². The van der Waals surface area contributed by atoms with E-state index < -0.39 is 34.5 Å². The number of amides is 1. The molecule has 1 aromatic rings. The van der Waals surface area contributed by atoms with Crippen molar-refractivity contribution in [2.45, 2.75) is 19.9 Å². The maximum absolute atomic E-state index is 11.9. The summed E-state index contributed by atoms with van der Waals surface area (Å²) in [5.74, 6) is -1.89. The summed E-state index contributed by atoms with van der Waals surface area (Å²) in [6.45, 7) is 3.30. The molecule has 8 heteroatoms. The second kappa shape index (κ2) is 6.89. The number of likely N-dealkylation sites (N-methyl/N-ethyl adjacent to an activating group) is 1. The van der Waals surface area contributed by atoms with Crippen LogP contribution in [-0.2, 0) is 19.6 Å². The molecule has 0 aliphatic carbocycles. The Morgan fingerprint density at radius 3 is 2.32 bits per heavy atom. The van der Waals surface area contributed by atoms with Gasteiger partial charge in [-0.3, -0.25) is 4.79 Å². The zero-order valence-corrected chi connectivity index (χ0v) is 13.8. The molecule has 2 N–H and O–H groups in total. The van der Waals surface area contributed by atoms with Crippen molar-refractivity contribution in [3.05, 3.63) is 34.9 Å². The van der Waals surface area contributed by atoms with Crippen molar-refractivity contribution in [3.63, 3.8) is 0 Å². The van der Waals surface area contributed by atoms with Gasteiger partial charge in [0.15, 0.2) is 6.04 Å². The molecule has 0 saturated carbocycles. The van der Waals surface area contributed by atoms with Crippen molar-refractivity contribution in [1.82, 2.24) is 9.62 Å². The molecule has 0 saturated heterocycles. The molecule has 1 rings (SSSR count). The quantitative estimate of drug-likeness (QED) is 0.788. The molecule has 7 nitrogen and oxygen atoms in total. The Morgan fingerprint density at radius 1 is 1.27 bits per heavy atom. The third-order valence-electron chi connectivity index (χ3n) is 3.35. The number of carbonyl (C=O) groups excluding carboxylic acids is 1. The number of hydrogen-bond donors (Lipinski definition) is 2. The fraction of sp³-hybridized carbons (Fsp3) is 0.429. The highest BCUT2D eigenvalue weighted by molar-refractivity contribution is 7.88. The highest BCUT2D eigenvalue weighted by Crippen LogP contribution is 2.17. The van der Waals surface area contributed by atoms with Gasteiger partial charge in [-0.05, 0) is 30.5 Å². The third-order valence-corrected chi connectivity index (χ3v) is 4.61. The smallest absolute Gasteiger partial charge is 0.330 e. The van der Waals surface area contributed by atoms with Crippen molar-refractivity contribution in [1.29, 1.82) is 0 Å². The van der Waals surface area contributed by atoms with Crippen LogP contribution in [0.25, 0.3) is 0 Å². The molecule has 1 atom stereocenters. The number of rotatable bonds is 6. The monoisotopic (exact) mass is 328 g/mol. The second-order valence-corrected chi connectivity index (χ2v) is 7.29. The molecule has 0 aromatic heterocycles. The number of sulfonamides is 1. The lowest BCUT2D eigenvalue weighted by atomic mass is 10.0. The molecule has 122 valence electrons. The highest BCUT2D eigenvalue weighted by atomic mass is 32.2. The van der Waals surface area contributed by atoms with Crippen LogP contribution in [0.3, 0.4) is 0 Å². The van der Waals surface area contributed by atoms with Crippen molar-refractivity contribution in [3.8, 4) is 0 Å². The molecule has 0 aliphatic heterocycles. The zero-order chi connectivity index (χ0) is 17.1. The van der Waals surface area contributed by atoms with E-state index in [0.29, 0.717) is 5.56 Å². The Morgan fingerprint density at radius 2 is 1.86 bits per heavy atom. The van der Waals surface area contributed by atoms with Crippen LogP contribution in [0.1, 0.15) is 22.7 Å². The van der Waals surface area contributed by atoms with E-state index in [1.807, 2.05) is 13.8 Å². The summed E-state index contributed by atoms with van der Waals surface area (Å²) in [6, 6.07) is 3.87. The number of benzene rings is 1. The van der Waals surface area contributed by atoms with Gasteiger partial charge in [-0.1, -0.05) is 18.2 Å². The van der Waals surface area contributed by atoms with Crippen molar-refractivity contribution >= 4 is 21.9 Å². The lowest BCUT2D eigenvalue weighted by Gasteiger charge is -2.18. The summed E-state index contributed by atoms with van der Waals surface area (Å²) in [5, 5.41) is 11.6. The van der Waals surface area contributed by atoms with Crippen LogP contribution in [0.15, 0.2) is 18.2 Å². The fourth-order valence-electron chi connectivity index (χ4n) is 1.76. The number of aryl methyl sites for hydroxylation is 2. The van der Waals surface area contributed by atoms with Crippen LogP contribution in [-0.4, -0.2) is 49.6 Å². The molecule has 0 heterocycles. The van der Waals surface area contributed by atoms with Gasteiger partial charge in [-0.25, -0.2) is 13.2 Å². The van der Waals surface area contributed by atoms with Crippen LogP contribution >= 0.6 is 0 Å². The first-order chi connectivity index (χ1) is 10.0. The van der Waals surface area contributed by atoms with Gasteiger partial charge < -0.3 is 10.4 Å². The summed E-state index contributed by atoms with van der Waals surface area (Å²) >= 11 is 0. The minimum atomic E-state index is -3.51. The zero-order valence-electron chi connectivity index (χ0n) is 13.0. The van der Waals surface area contributed by atoms with Gasteiger partial charge >= 0.3 is 5.97 Å². The Hall–Kier alpha value is -1.93. The van der Waals surface area contributed by atoms with Crippen LogP contribution in [0.2, 0.25) is 0 Å². The van der Waals surface area contributed by atoms with Gasteiger partial charge in [0, 0.05) is 7.05 Å². The molecule has 0 fully saturated rings.